The SMILES string of the molecule is Cc1cccc([C@H]2CN(S(=O)(=O)N(C)CC3CC3)C[C@@H]2C(=O)O)c1. The molecule has 6 nitrogen and oxygen atoms in total. The number of aryl methyl sites for hydroxylation is 1. The zero-order valence-corrected chi connectivity index (χ0v) is 14.9. The molecule has 2 fully saturated rings. The lowest BCUT2D eigenvalue weighted by molar-refractivity contribution is -0.141. The quantitative estimate of drug-likeness (QED) is 0.845. The number of nitrogens with zero attached hydrogens (tertiary/aromatic N) is 2. The van der Waals surface area contributed by atoms with E-state index in [4.69, 9.17) is 0 Å². The van der Waals surface area contributed by atoms with Crippen LogP contribution in [0.25, 0.3) is 0 Å². The summed E-state index contributed by atoms with van der Waals surface area (Å²) in [5.41, 5.74) is 1.94. The van der Waals surface area contributed by atoms with Gasteiger partial charge in [0.2, 0.25) is 0 Å². The summed E-state index contributed by atoms with van der Waals surface area (Å²) >= 11 is 0. The third-order valence-electron chi connectivity index (χ3n) is 5.01. The highest BCUT2D eigenvalue weighted by Crippen LogP contribution is 2.36. The van der Waals surface area contributed by atoms with Crippen molar-refractivity contribution in [2.24, 2.45) is 11.8 Å². The van der Waals surface area contributed by atoms with E-state index < -0.39 is 22.1 Å². The van der Waals surface area contributed by atoms with E-state index in [1.807, 2.05) is 31.2 Å². The summed E-state index contributed by atoms with van der Waals surface area (Å²) in [6, 6.07) is 7.67. The van der Waals surface area contributed by atoms with Crippen LogP contribution >= 0.6 is 0 Å². The molecule has 1 aliphatic carbocycles. The van der Waals surface area contributed by atoms with Crippen LogP contribution in [0.3, 0.4) is 0 Å². The molecule has 1 aromatic rings. The van der Waals surface area contributed by atoms with E-state index in [1.165, 1.54) is 8.61 Å². The van der Waals surface area contributed by atoms with Crippen molar-refractivity contribution in [1.29, 1.82) is 0 Å². The molecular weight excluding hydrogens is 328 g/mol. The molecule has 0 spiro atoms. The minimum atomic E-state index is -3.61. The number of hydrogen-bond acceptors (Lipinski definition) is 3. The molecule has 3 rings (SSSR count). The monoisotopic (exact) mass is 352 g/mol. The predicted octanol–water partition coefficient (Wildman–Crippen LogP) is 1.68. The molecule has 132 valence electrons. The van der Waals surface area contributed by atoms with E-state index in [1.54, 1.807) is 7.05 Å². The van der Waals surface area contributed by atoms with Crippen molar-refractivity contribution in [2.75, 3.05) is 26.7 Å². The first-order valence-corrected chi connectivity index (χ1v) is 9.69. The van der Waals surface area contributed by atoms with E-state index in [9.17, 15) is 18.3 Å². The largest absolute Gasteiger partial charge is 0.481 e. The molecule has 0 radical (unpaired) electrons. The van der Waals surface area contributed by atoms with Crippen LogP contribution in [-0.4, -0.2) is 54.8 Å². The first-order chi connectivity index (χ1) is 11.3. The highest BCUT2D eigenvalue weighted by Gasteiger charge is 2.44. The minimum Gasteiger partial charge on any atom is -0.481 e. The molecule has 24 heavy (non-hydrogen) atoms. The normalized spacial score (nSPS) is 25.3. The first-order valence-electron chi connectivity index (χ1n) is 8.30. The van der Waals surface area contributed by atoms with Gasteiger partial charge in [0.15, 0.2) is 0 Å². The number of carboxylic acids is 1. The molecule has 0 bridgehead atoms. The van der Waals surface area contributed by atoms with Gasteiger partial charge in [0.25, 0.3) is 10.2 Å². The maximum Gasteiger partial charge on any atom is 0.308 e. The Morgan fingerprint density at radius 3 is 2.62 bits per heavy atom. The zero-order chi connectivity index (χ0) is 17.5. The summed E-state index contributed by atoms with van der Waals surface area (Å²) in [5, 5.41) is 9.56. The Balaban J connectivity index is 1.83. The molecule has 1 heterocycles. The van der Waals surface area contributed by atoms with Crippen molar-refractivity contribution in [1.82, 2.24) is 8.61 Å². The van der Waals surface area contributed by atoms with Crippen LogP contribution in [0, 0.1) is 18.8 Å². The summed E-state index contributed by atoms with van der Waals surface area (Å²) in [5.74, 6) is -1.51. The van der Waals surface area contributed by atoms with Gasteiger partial charge in [-0.3, -0.25) is 4.79 Å². The smallest absolute Gasteiger partial charge is 0.308 e. The molecular formula is C17H24N2O4S. The van der Waals surface area contributed by atoms with Gasteiger partial charge in [0.05, 0.1) is 5.92 Å². The van der Waals surface area contributed by atoms with Gasteiger partial charge in [0.1, 0.15) is 0 Å². The summed E-state index contributed by atoms with van der Waals surface area (Å²) < 4.78 is 28.2. The van der Waals surface area contributed by atoms with Crippen molar-refractivity contribution < 1.29 is 18.3 Å². The third kappa shape index (κ3) is 3.48. The Hall–Kier alpha value is -1.44. The summed E-state index contributed by atoms with van der Waals surface area (Å²) in [4.78, 5) is 11.7. The number of aliphatic carboxylic acids is 1. The van der Waals surface area contributed by atoms with Crippen LogP contribution < -0.4 is 0 Å². The van der Waals surface area contributed by atoms with Crippen molar-refractivity contribution >= 4 is 16.2 Å². The van der Waals surface area contributed by atoms with E-state index in [0.29, 0.717) is 12.5 Å². The van der Waals surface area contributed by atoms with Crippen molar-refractivity contribution in [3.63, 3.8) is 0 Å². The molecule has 0 amide bonds. The summed E-state index contributed by atoms with van der Waals surface area (Å²) in [7, 11) is -2.02. The van der Waals surface area contributed by atoms with Gasteiger partial charge in [-0.25, -0.2) is 0 Å². The molecule has 2 atom stereocenters. The van der Waals surface area contributed by atoms with Gasteiger partial charge < -0.3 is 5.11 Å². The van der Waals surface area contributed by atoms with Gasteiger partial charge in [-0.05, 0) is 31.2 Å². The average Bonchev–Trinajstić information content (AvgIpc) is 3.20. The van der Waals surface area contributed by atoms with Gasteiger partial charge in [-0.2, -0.15) is 17.0 Å². The second-order valence-corrected chi connectivity index (χ2v) is 9.05. The van der Waals surface area contributed by atoms with Crippen LogP contribution in [0.15, 0.2) is 24.3 Å². The molecule has 1 saturated carbocycles. The van der Waals surface area contributed by atoms with Crippen LogP contribution in [-0.2, 0) is 15.0 Å². The van der Waals surface area contributed by atoms with Crippen LogP contribution in [0.4, 0.5) is 0 Å². The van der Waals surface area contributed by atoms with E-state index in [0.717, 1.165) is 24.0 Å². The van der Waals surface area contributed by atoms with Crippen molar-refractivity contribution in [2.45, 2.75) is 25.7 Å². The molecule has 0 unspecified atom stereocenters. The fourth-order valence-electron chi connectivity index (χ4n) is 3.40. The Morgan fingerprint density at radius 1 is 1.33 bits per heavy atom. The number of rotatable bonds is 6. The molecule has 1 saturated heterocycles. The van der Waals surface area contributed by atoms with Crippen LogP contribution in [0.2, 0.25) is 0 Å². The zero-order valence-electron chi connectivity index (χ0n) is 14.1. The Labute approximate surface area is 143 Å². The molecule has 2 aliphatic rings. The third-order valence-corrected chi connectivity index (χ3v) is 6.89. The lowest BCUT2D eigenvalue weighted by Crippen LogP contribution is -2.41. The summed E-state index contributed by atoms with van der Waals surface area (Å²) in [6.07, 6.45) is 2.15. The Kier molecular flexibility index (Phi) is 4.68. The second kappa shape index (κ2) is 6.46. The Morgan fingerprint density at radius 2 is 2.04 bits per heavy atom. The van der Waals surface area contributed by atoms with E-state index in [-0.39, 0.29) is 19.0 Å². The maximum absolute atomic E-state index is 12.8. The lowest BCUT2D eigenvalue weighted by Gasteiger charge is -2.24. The Bertz CT molecular complexity index is 730. The fourth-order valence-corrected chi connectivity index (χ4v) is 4.89. The average molecular weight is 352 g/mol. The lowest BCUT2D eigenvalue weighted by atomic mass is 9.88. The van der Waals surface area contributed by atoms with Crippen LogP contribution in [0.1, 0.15) is 29.9 Å². The summed E-state index contributed by atoms with van der Waals surface area (Å²) in [6.45, 7) is 2.72. The highest BCUT2D eigenvalue weighted by atomic mass is 32.2. The minimum absolute atomic E-state index is 0.0330. The molecule has 1 aliphatic heterocycles. The molecule has 0 aromatic heterocycles. The van der Waals surface area contributed by atoms with Gasteiger partial charge in [-0.1, -0.05) is 29.8 Å². The highest BCUT2D eigenvalue weighted by molar-refractivity contribution is 7.86. The molecule has 7 heteroatoms. The van der Waals surface area contributed by atoms with Gasteiger partial charge in [-0.15, -0.1) is 0 Å². The molecule has 1 N–H and O–H groups in total. The van der Waals surface area contributed by atoms with Gasteiger partial charge >= 0.3 is 5.97 Å². The van der Waals surface area contributed by atoms with E-state index in [2.05, 4.69) is 0 Å². The maximum atomic E-state index is 12.8. The number of carbonyl (C=O) groups is 1. The van der Waals surface area contributed by atoms with Crippen LogP contribution in [0.5, 0.6) is 0 Å². The number of benzene rings is 1. The molecule has 1 aromatic carbocycles. The van der Waals surface area contributed by atoms with E-state index >= 15 is 0 Å². The number of carboxylic acid groups (broad SMARTS) is 1. The van der Waals surface area contributed by atoms with Crippen molar-refractivity contribution in [3.05, 3.63) is 35.4 Å². The fraction of sp³-hybridized carbons (Fsp3) is 0.588. The van der Waals surface area contributed by atoms with Crippen molar-refractivity contribution in [3.8, 4) is 0 Å². The predicted molar refractivity (Wildman–Crippen MR) is 90.9 cm³/mol. The second-order valence-electron chi connectivity index (χ2n) is 7.01. The number of hydrogen-bond donors (Lipinski definition) is 1. The standard InChI is InChI=1S/C17H24N2O4S/c1-12-4-3-5-14(8-12)15-10-19(11-16(15)17(20)21)24(22,23)18(2)9-13-6-7-13/h3-5,8,13,15-16H,6-7,9-11H2,1-2H3,(H,20,21)/t15-,16+/m1/s1. The van der Waals surface area contributed by atoms with Gasteiger partial charge in [0, 0.05) is 32.6 Å². The topological polar surface area (TPSA) is 77.9 Å². The first kappa shape index (κ1) is 17.4.